The van der Waals surface area contributed by atoms with Crippen LogP contribution in [0.3, 0.4) is 0 Å². The number of rotatable bonds is 5. The Kier molecular flexibility index (Phi) is 5.22. The topological polar surface area (TPSA) is 35.5 Å². The van der Waals surface area contributed by atoms with Crippen molar-refractivity contribution in [3.05, 3.63) is 29.6 Å². The van der Waals surface area contributed by atoms with E-state index in [4.69, 9.17) is 16.3 Å². The molecule has 1 atom stereocenters. The van der Waals surface area contributed by atoms with E-state index in [1.165, 1.54) is 19.2 Å². The van der Waals surface area contributed by atoms with Crippen molar-refractivity contribution in [1.82, 2.24) is 0 Å². The Bertz CT molecular complexity index is 395. The molecule has 0 bridgehead atoms. The van der Waals surface area contributed by atoms with Gasteiger partial charge in [-0.15, -0.1) is 11.6 Å². The average molecular weight is 261 g/mol. The summed E-state index contributed by atoms with van der Waals surface area (Å²) < 4.78 is 23.0. The molecule has 0 aliphatic rings. The molecule has 1 aromatic carbocycles. The predicted octanol–water partition coefficient (Wildman–Crippen LogP) is 2.55. The minimum absolute atomic E-state index is 0.195. The smallest absolute Gasteiger partial charge is 0.324 e. The Morgan fingerprint density at radius 2 is 2.24 bits per heavy atom. The first-order chi connectivity index (χ1) is 8.08. The second-order valence-corrected chi connectivity index (χ2v) is 3.92. The van der Waals surface area contributed by atoms with Gasteiger partial charge >= 0.3 is 5.97 Å². The number of benzene rings is 1. The van der Waals surface area contributed by atoms with Crippen molar-refractivity contribution in [2.45, 2.75) is 18.7 Å². The SMILES string of the molecule is CCOc1ccc(CC(Cl)C(=O)OC)cc1F. The van der Waals surface area contributed by atoms with Gasteiger partial charge in [0.15, 0.2) is 11.6 Å². The van der Waals surface area contributed by atoms with Gasteiger partial charge in [-0.1, -0.05) is 6.07 Å². The third-order valence-corrected chi connectivity index (χ3v) is 2.50. The van der Waals surface area contributed by atoms with Crippen LogP contribution >= 0.6 is 11.6 Å². The van der Waals surface area contributed by atoms with Gasteiger partial charge in [0.1, 0.15) is 5.38 Å². The summed E-state index contributed by atoms with van der Waals surface area (Å²) in [4.78, 5) is 11.1. The molecule has 0 saturated carbocycles. The monoisotopic (exact) mass is 260 g/mol. The highest BCUT2D eigenvalue weighted by atomic mass is 35.5. The van der Waals surface area contributed by atoms with E-state index >= 15 is 0 Å². The van der Waals surface area contributed by atoms with Crippen molar-refractivity contribution in [3.8, 4) is 5.75 Å². The molecule has 0 radical (unpaired) electrons. The maximum absolute atomic E-state index is 13.5. The van der Waals surface area contributed by atoms with Gasteiger partial charge in [-0.25, -0.2) is 4.39 Å². The number of carbonyl (C=O) groups is 1. The van der Waals surface area contributed by atoms with E-state index in [0.29, 0.717) is 12.2 Å². The minimum atomic E-state index is -0.808. The number of ether oxygens (including phenoxy) is 2. The van der Waals surface area contributed by atoms with Gasteiger partial charge in [-0.05, 0) is 31.0 Å². The third kappa shape index (κ3) is 3.89. The van der Waals surface area contributed by atoms with Gasteiger partial charge in [0.2, 0.25) is 0 Å². The molecule has 5 heteroatoms. The molecule has 0 aromatic heterocycles. The average Bonchev–Trinajstić information content (AvgIpc) is 2.31. The van der Waals surface area contributed by atoms with Gasteiger partial charge in [0.25, 0.3) is 0 Å². The lowest BCUT2D eigenvalue weighted by molar-refractivity contribution is -0.140. The number of hydrogen-bond donors (Lipinski definition) is 0. The number of hydrogen-bond acceptors (Lipinski definition) is 3. The Labute approximate surface area is 104 Å². The molecule has 3 nitrogen and oxygen atoms in total. The molecule has 94 valence electrons. The van der Waals surface area contributed by atoms with E-state index < -0.39 is 17.2 Å². The normalized spacial score (nSPS) is 12.0. The molecule has 0 aliphatic carbocycles. The first-order valence-corrected chi connectivity index (χ1v) is 5.65. The zero-order chi connectivity index (χ0) is 12.8. The molecule has 1 unspecified atom stereocenters. The summed E-state index contributed by atoms with van der Waals surface area (Å²) in [6, 6.07) is 4.50. The summed E-state index contributed by atoms with van der Waals surface area (Å²) in [6.45, 7) is 2.18. The second kappa shape index (κ2) is 6.45. The number of methoxy groups -OCH3 is 1. The van der Waals surface area contributed by atoms with Crippen LogP contribution in [0.1, 0.15) is 12.5 Å². The molecular weight excluding hydrogens is 247 g/mol. The predicted molar refractivity (Wildman–Crippen MR) is 62.9 cm³/mol. The summed E-state index contributed by atoms with van der Waals surface area (Å²) in [6.07, 6.45) is 0.220. The van der Waals surface area contributed by atoms with E-state index in [0.717, 1.165) is 0 Å². The van der Waals surface area contributed by atoms with Crippen LogP contribution in [0.2, 0.25) is 0 Å². The van der Waals surface area contributed by atoms with Gasteiger partial charge in [-0.3, -0.25) is 4.79 Å². The third-order valence-electron chi connectivity index (χ3n) is 2.17. The lowest BCUT2D eigenvalue weighted by Crippen LogP contribution is -2.18. The molecule has 0 heterocycles. The zero-order valence-electron chi connectivity index (χ0n) is 9.70. The highest BCUT2D eigenvalue weighted by Crippen LogP contribution is 2.20. The van der Waals surface area contributed by atoms with Crippen LogP contribution in [-0.2, 0) is 16.0 Å². The molecule has 1 aromatic rings. The van der Waals surface area contributed by atoms with E-state index in [9.17, 15) is 9.18 Å². The van der Waals surface area contributed by atoms with Crippen LogP contribution in [-0.4, -0.2) is 25.1 Å². The first kappa shape index (κ1) is 13.8. The largest absolute Gasteiger partial charge is 0.491 e. The van der Waals surface area contributed by atoms with E-state index in [1.807, 2.05) is 0 Å². The van der Waals surface area contributed by atoms with Gasteiger partial charge in [0.05, 0.1) is 13.7 Å². The Balaban J connectivity index is 2.73. The lowest BCUT2D eigenvalue weighted by Gasteiger charge is -2.09. The van der Waals surface area contributed by atoms with Gasteiger partial charge < -0.3 is 9.47 Å². The fourth-order valence-corrected chi connectivity index (χ4v) is 1.63. The van der Waals surface area contributed by atoms with Crippen LogP contribution < -0.4 is 4.74 Å². The molecule has 0 fully saturated rings. The highest BCUT2D eigenvalue weighted by Gasteiger charge is 2.17. The van der Waals surface area contributed by atoms with Crippen molar-refractivity contribution in [2.24, 2.45) is 0 Å². The number of halogens is 2. The zero-order valence-corrected chi connectivity index (χ0v) is 10.5. The van der Waals surface area contributed by atoms with Crippen molar-refractivity contribution < 1.29 is 18.7 Å². The molecular formula is C12H14ClFO3. The molecule has 17 heavy (non-hydrogen) atoms. The standard InChI is InChI=1S/C12H14ClFO3/c1-3-17-11-5-4-8(7-10(11)14)6-9(13)12(15)16-2/h4-5,7,9H,3,6H2,1-2H3. The van der Waals surface area contributed by atoms with Crippen LogP contribution in [0.15, 0.2) is 18.2 Å². The summed E-state index contributed by atoms with van der Waals surface area (Å²) in [7, 11) is 1.26. The van der Waals surface area contributed by atoms with Crippen molar-refractivity contribution >= 4 is 17.6 Å². The van der Waals surface area contributed by atoms with E-state index in [2.05, 4.69) is 4.74 Å². The molecule has 0 spiro atoms. The summed E-state index contributed by atoms with van der Waals surface area (Å²) in [5, 5.41) is -0.808. The lowest BCUT2D eigenvalue weighted by atomic mass is 10.1. The highest BCUT2D eigenvalue weighted by molar-refractivity contribution is 6.30. The van der Waals surface area contributed by atoms with Gasteiger partial charge in [0, 0.05) is 0 Å². The van der Waals surface area contributed by atoms with Crippen LogP contribution in [0.25, 0.3) is 0 Å². The van der Waals surface area contributed by atoms with Crippen molar-refractivity contribution in [2.75, 3.05) is 13.7 Å². The van der Waals surface area contributed by atoms with Crippen LogP contribution in [0.5, 0.6) is 5.75 Å². The number of alkyl halides is 1. The Morgan fingerprint density at radius 3 is 2.76 bits per heavy atom. The van der Waals surface area contributed by atoms with Crippen LogP contribution in [0.4, 0.5) is 4.39 Å². The fraction of sp³-hybridized carbons (Fsp3) is 0.417. The Morgan fingerprint density at radius 1 is 1.53 bits per heavy atom. The quantitative estimate of drug-likeness (QED) is 0.603. The maximum atomic E-state index is 13.5. The van der Waals surface area contributed by atoms with E-state index in [-0.39, 0.29) is 12.2 Å². The van der Waals surface area contributed by atoms with Crippen molar-refractivity contribution in [3.63, 3.8) is 0 Å². The van der Waals surface area contributed by atoms with Gasteiger partial charge in [-0.2, -0.15) is 0 Å². The summed E-state index contributed by atoms with van der Waals surface area (Å²) in [5.74, 6) is -0.792. The van der Waals surface area contributed by atoms with Crippen molar-refractivity contribution in [1.29, 1.82) is 0 Å². The minimum Gasteiger partial charge on any atom is -0.491 e. The fourth-order valence-electron chi connectivity index (χ4n) is 1.36. The first-order valence-electron chi connectivity index (χ1n) is 5.21. The molecule has 0 amide bonds. The number of carbonyl (C=O) groups excluding carboxylic acids is 1. The molecule has 1 rings (SSSR count). The van der Waals surface area contributed by atoms with E-state index in [1.54, 1.807) is 13.0 Å². The maximum Gasteiger partial charge on any atom is 0.324 e. The number of esters is 1. The van der Waals surface area contributed by atoms with Crippen LogP contribution in [0, 0.1) is 5.82 Å². The summed E-state index contributed by atoms with van der Waals surface area (Å²) in [5.41, 5.74) is 0.622. The molecule has 0 N–H and O–H groups in total. The Hall–Kier alpha value is -1.29. The summed E-state index contributed by atoms with van der Waals surface area (Å²) >= 11 is 5.79. The second-order valence-electron chi connectivity index (χ2n) is 3.39. The molecule has 0 aliphatic heterocycles. The molecule has 0 saturated heterocycles.